The predicted octanol–water partition coefficient (Wildman–Crippen LogP) is 4.51. The fourth-order valence-electron chi connectivity index (χ4n) is 4.56. The van der Waals surface area contributed by atoms with Crippen molar-refractivity contribution in [1.29, 1.82) is 0 Å². The fourth-order valence-corrected chi connectivity index (χ4v) is 4.56. The minimum Gasteiger partial charge on any atom is -0.504 e. The van der Waals surface area contributed by atoms with E-state index in [-0.39, 0.29) is 45.8 Å². The second kappa shape index (κ2) is 10.9. The number of carbonyl (C=O) groups is 2. The summed E-state index contributed by atoms with van der Waals surface area (Å²) in [5, 5.41) is 43.1. The molecule has 9 nitrogen and oxygen atoms in total. The summed E-state index contributed by atoms with van der Waals surface area (Å²) < 4.78 is 5.91. The predicted molar refractivity (Wildman–Crippen MR) is 145 cm³/mol. The molecule has 5 N–H and O–H groups in total. The third-order valence-corrected chi connectivity index (χ3v) is 6.47. The van der Waals surface area contributed by atoms with Crippen LogP contribution in [0.5, 0.6) is 17.2 Å². The molecule has 0 saturated heterocycles. The Bertz CT molecular complexity index is 1610. The first-order valence-electron chi connectivity index (χ1n) is 12.4. The van der Waals surface area contributed by atoms with Gasteiger partial charge in [0.15, 0.2) is 11.5 Å². The van der Waals surface area contributed by atoms with E-state index in [1.165, 1.54) is 24.3 Å². The van der Waals surface area contributed by atoms with Gasteiger partial charge in [-0.05, 0) is 42.5 Å². The zero-order valence-electron chi connectivity index (χ0n) is 21.7. The van der Waals surface area contributed by atoms with Crippen LogP contribution >= 0.6 is 0 Å². The molecule has 0 fully saturated rings. The van der Waals surface area contributed by atoms with Crippen molar-refractivity contribution < 1.29 is 34.4 Å². The van der Waals surface area contributed by atoms with Crippen LogP contribution in [0.2, 0.25) is 0 Å². The van der Waals surface area contributed by atoms with Crippen LogP contribution in [0.25, 0.3) is 22.1 Å². The summed E-state index contributed by atoms with van der Waals surface area (Å²) in [6.45, 7) is 5.36. The summed E-state index contributed by atoms with van der Waals surface area (Å²) >= 11 is 0. The van der Waals surface area contributed by atoms with Gasteiger partial charge in [0.05, 0.1) is 5.56 Å². The van der Waals surface area contributed by atoms with Crippen LogP contribution < -0.4 is 10.7 Å². The molecule has 0 spiro atoms. The number of hydrogen-bond acceptors (Lipinski definition) is 7. The zero-order valence-corrected chi connectivity index (χ0v) is 21.7. The zero-order chi connectivity index (χ0) is 28.4. The normalized spacial score (nSPS) is 12.0. The summed E-state index contributed by atoms with van der Waals surface area (Å²) in [6, 6.07) is 13.7. The lowest BCUT2D eigenvalue weighted by molar-refractivity contribution is -0.139. The monoisotopic (exact) mass is 531 g/mol. The van der Waals surface area contributed by atoms with Gasteiger partial charge in [0.25, 0.3) is 5.91 Å². The van der Waals surface area contributed by atoms with Crippen LogP contribution in [0.15, 0.2) is 63.8 Å². The van der Waals surface area contributed by atoms with Crippen LogP contribution in [0.4, 0.5) is 0 Å². The standard InChI is InChI=1S/C30H29NO8/c1-15(2)13-20-24(32)27(35)26(34)23-25(33)22(16(3)39-28(20)23)18-9-11-19(12-10-18)29(36)31-21(30(37)38)14-17-7-5-4-6-8-17/h4-12,15,21,32,34-35H,13-14H2,1-3H3,(H,31,36)(H,37,38)/t21-/m1/s1. The second-order valence-corrected chi connectivity index (χ2v) is 9.82. The van der Waals surface area contributed by atoms with Gasteiger partial charge in [-0.25, -0.2) is 4.79 Å². The lowest BCUT2D eigenvalue weighted by Gasteiger charge is -2.16. The number of rotatable bonds is 8. The molecule has 0 bridgehead atoms. The van der Waals surface area contributed by atoms with Crippen molar-refractivity contribution in [2.45, 2.75) is 39.7 Å². The Morgan fingerprint density at radius 2 is 1.54 bits per heavy atom. The van der Waals surface area contributed by atoms with Crippen molar-refractivity contribution in [3.63, 3.8) is 0 Å². The number of aliphatic carboxylic acids is 1. The second-order valence-electron chi connectivity index (χ2n) is 9.82. The van der Waals surface area contributed by atoms with Gasteiger partial charge >= 0.3 is 5.97 Å². The third-order valence-electron chi connectivity index (χ3n) is 6.47. The van der Waals surface area contributed by atoms with Crippen molar-refractivity contribution in [2.24, 2.45) is 5.92 Å². The largest absolute Gasteiger partial charge is 0.504 e. The molecule has 1 aromatic heterocycles. The average molecular weight is 532 g/mol. The molecule has 3 aromatic carbocycles. The molecule has 1 atom stereocenters. The number of aryl methyl sites for hydroxylation is 1. The van der Waals surface area contributed by atoms with Gasteiger partial charge in [0.2, 0.25) is 11.2 Å². The van der Waals surface area contributed by atoms with Crippen molar-refractivity contribution in [3.05, 3.63) is 87.3 Å². The molecule has 0 aliphatic rings. The van der Waals surface area contributed by atoms with Gasteiger partial charge in [-0.2, -0.15) is 0 Å². The Morgan fingerprint density at radius 1 is 0.897 bits per heavy atom. The molecule has 0 aliphatic heterocycles. The molecule has 0 radical (unpaired) electrons. The average Bonchev–Trinajstić information content (AvgIpc) is 2.90. The maximum Gasteiger partial charge on any atom is 0.326 e. The first-order valence-corrected chi connectivity index (χ1v) is 12.4. The van der Waals surface area contributed by atoms with Crippen molar-refractivity contribution in [3.8, 4) is 28.4 Å². The van der Waals surface area contributed by atoms with Crippen LogP contribution in [0.3, 0.4) is 0 Å². The van der Waals surface area contributed by atoms with E-state index in [0.29, 0.717) is 12.0 Å². The summed E-state index contributed by atoms with van der Waals surface area (Å²) in [5.41, 5.74) is 1.05. The van der Waals surface area contributed by atoms with E-state index in [9.17, 15) is 34.8 Å². The number of amides is 1. The quantitative estimate of drug-likeness (QED) is 0.208. The Hall–Kier alpha value is -4.79. The number of aromatic hydroxyl groups is 3. The molecule has 0 saturated carbocycles. The molecule has 1 heterocycles. The maximum absolute atomic E-state index is 13.5. The first-order chi connectivity index (χ1) is 18.5. The number of phenols is 3. The van der Waals surface area contributed by atoms with Crippen molar-refractivity contribution in [1.82, 2.24) is 5.32 Å². The van der Waals surface area contributed by atoms with Gasteiger partial charge in [0, 0.05) is 17.5 Å². The number of carboxylic acids is 1. The van der Waals surface area contributed by atoms with Gasteiger partial charge in [-0.15, -0.1) is 0 Å². The van der Waals surface area contributed by atoms with Gasteiger partial charge in [-0.3, -0.25) is 9.59 Å². The first kappa shape index (κ1) is 27.3. The highest BCUT2D eigenvalue weighted by Crippen LogP contribution is 2.45. The number of nitrogens with one attached hydrogen (secondary N) is 1. The number of carboxylic acid groups (broad SMARTS) is 1. The lowest BCUT2D eigenvalue weighted by atomic mass is 9.95. The van der Waals surface area contributed by atoms with E-state index in [1.807, 2.05) is 19.9 Å². The SMILES string of the molecule is Cc1oc2c(CC(C)C)c(O)c(O)c(O)c2c(=O)c1-c1ccc(C(=O)N[C@H](Cc2ccccc2)C(=O)O)cc1. The highest BCUT2D eigenvalue weighted by molar-refractivity contribution is 5.98. The van der Waals surface area contributed by atoms with Crippen LogP contribution in [-0.4, -0.2) is 38.3 Å². The summed E-state index contributed by atoms with van der Waals surface area (Å²) in [7, 11) is 0. The third kappa shape index (κ3) is 5.43. The van der Waals surface area contributed by atoms with E-state index in [0.717, 1.165) is 5.56 Å². The van der Waals surface area contributed by atoms with E-state index >= 15 is 0 Å². The van der Waals surface area contributed by atoms with Crippen molar-refractivity contribution >= 4 is 22.8 Å². The van der Waals surface area contributed by atoms with Gasteiger partial charge in [0.1, 0.15) is 22.8 Å². The Balaban J connectivity index is 1.68. The molecule has 1 amide bonds. The molecular formula is C30H29NO8. The van der Waals surface area contributed by atoms with Crippen LogP contribution in [-0.2, 0) is 17.6 Å². The molecular weight excluding hydrogens is 502 g/mol. The van der Waals surface area contributed by atoms with E-state index < -0.39 is 40.6 Å². The Kier molecular flexibility index (Phi) is 7.62. The number of benzene rings is 3. The smallest absolute Gasteiger partial charge is 0.326 e. The molecule has 4 aromatic rings. The van der Waals surface area contributed by atoms with Gasteiger partial charge in [-0.1, -0.05) is 56.3 Å². The number of carbonyl (C=O) groups excluding carboxylic acids is 1. The van der Waals surface area contributed by atoms with E-state index in [1.54, 1.807) is 31.2 Å². The molecule has 0 aliphatic carbocycles. The summed E-state index contributed by atoms with van der Waals surface area (Å²) in [5.74, 6) is -3.60. The Labute approximate surface area is 224 Å². The van der Waals surface area contributed by atoms with E-state index in [2.05, 4.69) is 5.32 Å². The topological polar surface area (TPSA) is 157 Å². The van der Waals surface area contributed by atoms with Crippen LogP contribution in [0, 0.1) is 12.8 Å². The molecule has 202 valence electrons. The molecule has 9 heteroatoms. The summed E-state index contributed by atoms with van der Waals surface area (Å²) in [4.78, 5) is 38.1. The number of hydrogen-bond donors (Lipinski definition) is 5. The lowest BCUT2D eigenvalue weighted by Crippen LogP contribution is -2.42. The molecule has 39 heavy (non-hydrogen) atoms. The minimum atomic E-state index is -1.17. The van der Waals surface area contributed by atoms with Crippen LogP contribution in [0.1, 0.15) is 41.1 Å². The molecule has 4 rings (SSSR count). The molecule has 0 unspecified atom stereocenters. The van der Waals surface area contributed by atoms with Gasteiger partial charge < -0.3 is 30.2 Å². The van der Waals surface area contributed by atoms with Crippen molar-refractivity contribution in [2.75, 3.05) is 0 Å². The highest BCUT2D eigenvalue weighted by atomic mass is 16.4. The fraction of sp³-hybridized carbons (Fsp3) is 0.233. The number of fused-ring (bicyclic) bond motifs is 1. The minimum absolute atomic E-state index is 0.00289. The van der Waals surface area contributed by atoms with E-state index in [4.69, 9.17) is 4.42 Å². The Morgan fingerprint density at radius 3 is 2.13 bits per heavy atom. The highest BCUT2D eigenvalue weighted by Gasteiger charge is 2.26. The maximum atomic E-state index is 13.5. The number of phenolic OH excluding ortho intramolecular Hbond substituents is 3. The summed E-state index contributed by atoms with van der Waals surface area (Å²) in [6.07, 6.45) is 0.408.